The van der Waals surface area contributed by atoms with Crippen LogP contribution in [0.1, 0.15) is 31.1 Å². The highest BCUT2D eigenvalue weighted by atomic mass is 16.5. The number of hydrogen-bond donors (Lipinski definition) is 2. The Bertz CT molecular complexity index is 1220. The van der Waals surface area contributed by atoms with Gasteiger partial charge in [-0.3, -0.25) is 19.3 Å². The molecule has 3 amide bonds. The summed E-state index contributed by atoms with van der Waals surface area (Å²) in [6, 6.07) is 19.6. The van der Waals surface area contributed by atoms with Crippen molar-refractivity contribution in [1.29, 1.82) is 0 Å². The number of ether oxygens (including phenoxy) is 1. The molecule has 0 atom stereocenters. The van der Waals surface area contributed by atoms with Crippen molar-refractivity contribution in [2.75, 3.05) is 29.2 Å². The number of hydrogen-bond acceptors (Lipinski definition) is 5. The molecule has 2 N–H and O–H groups in total. The lowest BCUT2D eigenvalue weighted by atomic mass is 10.1. The Morgan fingerprint density at radius 3 is 2.38 bits per heavy atom. The minimum atomic E-state index is -0.532. The maximum atomic E-state index is 13.0. The molecule has 0 saturated carbocycles. The van der Waals surface area contributed by atoms with Gasteiger partial charge in [-0.25, -0.2) is 4.79 Å². The third kappa shape index (κ3) is 4.20. The van der Waals surface area contributed by atoms with Gasteiger partial charge in [0.25, 0.3) is 11.8 Å². The third-order valence-electron chi connectivity index (χ3n) is 4.95. The Morgan fingerprint density at radius 1 is 0.906 bits per heavy atom. The van der Waals surface area contributed by atoms with Gasteiger partial charge in [0.15, 0.2) is 0 Å². The molecule has 0 fully saturated rings. The molecule has 3 aromatic carbocycles. The average molecular weight is 429 g/mol. The third-order valence-corrected chi connectivity index (χ3v) is 4.95. The monoisotopic (exact) mass is 429 g/mol. The molecule has 0 unspecified atom stereocenters. The minimum Gasteiger partial charge on any atom is -0.465 e. The molecule has 1 aliphatic rings. The van der Waals surface area contributed by atoms with Gasteiger partial charge >= 0.3 is 5.97 Å². The number of fused-ring (bicyclic) bond motifs is 1. The zero-order valence-electron chi connectivity index (χ0n) is 17.1. The van der Waals surface area contributed by atoms with E-state index in [2.05, 4.69) is 15.4 Å². The van der Waals surface area contributed by atoms with Crippen molar-refractivity contribution in [3.8, 4) is 0 Å². The number of carbonyl (C=O) groups is 4. The second-order valence-corrected chi connectivity index (χ2v) is 7.06. The minimum absolute atomic E-state index is 0.0785. The van der Waals surface area contributed by atoms with Crippen LogP contribution in [-0.2, 0) is 9.53 Å². The molecule has 0 aliphatic carbocycles. The lowest BCUT2D eigenvalue weighted by Crippen LogP contribution is -2.42. The second-order valence-electron chi connectivity index (χ2n) is 7.06. The predicted molar refractivity (Wildman–Crippen MR) is 119 cm³/mol. The number of nitrogens with zero attached hydrogens (tertiary/aromatic N) is 1. The fourth-order valence-electron chi connectivity index (χ4n) is 3.37. The molecule has 1 aliphatic heterocycles. The first-order chi connectivity index (χ1) is 15.5. The van der Waals surface area contributed by atoms with Gasteiger partial charge in [-0.05, 0) is 54.6 Å². The van der Waals surface area contributed by atoms with E-state index < -0.39 is 11.9 Å². The van der Waals surface area contributed by atoms with Crippen LogP contribution >= 0.6 is 0 Å². The summed E-state index contributed by atoms with van der Waals surface area (Å²) in [4.78, 5) is 50.6. The van der Waals surface area contributed by atoms with Gasteiger partial charge in [0, 0.05) is 16.8 Å². The molecular weight excluding hydrogens is 410 g/mol. The van der Waals surface area contributed by atoms with E-state index in [1.54, 1.807) is 66.7 Å². The Hall–Kier alpha value is -4.46. The van der Waals surface area contributed by atoms with E-state index in [1.807, 2.05) is 0 Å². The van der Waals surface area contributed by atoms with Gasteiger partial charge in [0.1, 0.15) is 6.54 Å². The summed E-state index contributed by atoms with van der Waals surface area (Å²) in [5.41, 5.74) is 2.62. The first-order valence-electron chi connectivity index (χ1n) is 9.77. The van der Waals surface area contributed by atoms with E-state index in [1.165, 1.54) is 18.1 Å². The number of nitrogens with one attached hydrogen (secondary N) is 2. The van der Waals surface area contributed by atoms with Crippen molar-refractivity contribution < 1.29 is 23.9 Å². The van der Waals surface area contributed by atoms with E-state index in [4.69, 9.17) is 0 Å². The molecule has 1 heterocycles. The molecule has 0 radical (unpaired) electrons. The van der Waals surface area contributed by atoms with E-state index in [9.17, 15) is 19.2 Å². The zero-order chi connectivity index (χ0) is 22.7. The Kier molecular flexibility index (Phi) is 5.67. The van der Waals surface area contributed by atoms with Crippen LogP contribution in [0.5, 0.6) is 0 Å². The first kappa shape index (κ1) is 20.8. The number of methoxy groups -OCH3 is 1. The highest BCUT2D eigenvalue weighted by molar-refractivity contribution is 6.15. The normalized spacial score (nSPS) is 12.4. The molecule has 8 heteroatoms. The Balaban J connectivity index is 1.49. The van der Waals surface area contributed by atoms with Crippen molar-refractivity contribution in [1.82, 2.24) is 0 Å². The molecule has 4 rings (SSSR count). The molecule has 8 nitrogen and oxygen atoms in total. The highest BCUT2D eigenvalue weighted by Gasteiger charge is 2.27. The standard InChI is InChI=1S/C24H19N3O5/c1-32-24(31)17-6-4-5-16(13-17)22(29)25-18-11-9-15(10-12-18)23(30)27-14-21(28)26-19-7-2-3-8-20(19)27/h2-13H,14H2,1H3,(H,25,29)(H,26,28). The highest BCUT2D eigenvalue weighted by Crippen LogP contribution is 2.30. The summed E-state index contributed by atoms with van der Waals surface area (Å²) in [5, 5.41) is 5.48. The van der Waals surface area contributed by atoms with E-state index >= 15 is 0 Å². The van der Waals surface area contributed by atoms with Gasteiger partial charge in [-0.2, -0.15) is 0 Å². The van der Waals surface area contributed by atoms with Crippen molar-refractivity contribution in [2.45, 2.75) is 0 Å². The number of para-hydroxylation sites is 2. The maximum absolute atomic E-state index is 13.0. The van der Waals surface area contributed by atoms with E-state index in [0.717, 1.165) is 0 Å². The van der Waals surface area contributed by atoms with Crippen LogP contribution in [0.15, 0.2) is 72.8 Å². The number of benzene rings is 3. The van der Waals surface area contributed by atoms with Gasteiger partial charge in [0.05, 0.1) is 24.0 Å². The summed E-state index contributed by atoms with van der Waals surface area (Å²) >= 11 is 0. The summed E-state index contributed by atoms with van der Waals surface area (Å²) in [7, 11) is 1.27. The van der Waals surface area contributed by atoms with Crippen LogP contribution < -0.4 is 15.5 Å². The second kappa shape index (κ2) is 8.73. The molecule has 32 heavy (non-hydrogen) atoms. The molecular formula is C24H19N3O5. The van der Waals surface area contributed by atoms with Gasteiger partial charge in [-0.15, -0.1) is 0 Å². The maximum Gasteiger partial charge on any atom is 0.337 e. The van der Waals surface area contributed by atoms with Crippen LogP contribution in [-0.4, -0.2) is 37.3 Å². The molecule has 0 spiro atoms. The molecule has 3 aromatic rings. The number of anilines is 3. The van der Waals surface area contributed by atoms with Crippen LogP contribution in [0.3, 0.4) is 0 Å². The Morgan fingerprint density at radius 2 is 1.62 bits per heavy atom. The van der Waals surface area contributed by atoms with Crippen molar-refractivity contribution in [3.05, 3.63) is 89.5 Å². The lowest BCUT2D eigenvalue weighted by molar-refractivity contribution is -0.115. The summed E-state index contributed by atoms with van der Waals surface area (Å²) in [6.45, 7) is -0.0785. The SMILES string of the molecule is COC(=O)c1cccc(C(=O)Nc2ccc(C(=O)N3CC(=O)Nc4ccccc43)cc2)c1. The lowest BCUT2D eigenvalue weighted by Gasteiger charge is -2.29. The number of rotatable bonds is 4. The fourth-order valence-corrected chi connectivity index (χ4v) is 3.37. The first-order valence-corrected chi connectivity index (χ1v) is 9.77. The summed E-state index contributed by atoms with van der Waals surface area (Å²) in [5.74, 6) is -1.53. The number of esters is 1. The van der Waals surface area contributed by atoms with Crippen LogP contribution in [0.4, 0.5) is 17.1 Å². The number of amides is 3. The van der Waals surface area contributed by atoms with Gasteiger partial charge in [-0.1, -0.05) is 18.2 Å². The van der Waals surface area contributed by atoms with Crippen molar-refractivity contribution >= 4 is 40.8 Å². The Labute approximate surface area is 183 Å². The van der Waals surface area contributed by atoms with E-state index in [-0.39, 0.29) is 23.9 Å². The quantitative estimate of drug-likeness (QED) is 0.619. The zero-order valence-corrected chi connectivity index (χ0v) is 17.1. The van der Waals surface area contributed by atoms with Crippen molar-refractivity contribution in [2.24, 2.45) is 0 Å². The van der Waals surface area contributed by atoms with Crippen molar-refractivity contribution in [3.63, 3.8) is 0 Å². The fraction of sp³-hybridized carbons (Fsp3) is 0.0833. The average Bonchev–Trinajstić information content (AvgIpc) is 2.83. The smallest absolute Gasteiger partial charge is 0.337 e. The summed E-state index contributed by atoms with van der Waals surface area (Å²) < 4.78 is 4.67. The van der Waals surface area contributed by atoms with Gasteiger partial charge in [0.2, 0.25) is 5.91 Å². The van der Waals surface area contributed by atoms with Crippen LogP contribution in [0.2, 0.25) is 0 Å². The molecule has 0 saturated heterocycles. The number of carbonyl (C=O) groups excluding carboxylic acids is 4. The predicted octanol–water partition coefficient (Wildman–Crippen LogP) is 3.32. The molecule has 0 aromatic heterocycles. The topological polar surface area (TPSA) is 105 Å². The molecule has 160 valence electrons. The van der Waals surface area contributed by atoms with Gasteiger partial charge < -0.3 is 15.4 Å². The van der Waals surface area contributed by atoms with Crippen LogP contribution in [0, 0.1) is 0 Å². The van der Waals surface area contributed by atoms with E-state index in [0.29, 0.717) is 28.2 Å². The molecule has 0 bridgehead atoms. The van der Waals surface area contributed by atoms with Crippen LogP contribution in [0.25, 0.3) is 0 Å². The summed E-state index contributed by atoms with van der Waals surface area (Å²) in [6.07, 6.45) is 0. The largest absolute Gasteiger partial charge is 0.465 e.